The minimum atomic E-state index is -4.53. The number of rotatable bonds is 6. The van der Waals surface area contributed by atoms with Gasteiger partial charge in [0.1, 0.15) is 11.1 Å². The number of pyridine rings is 2. The van der Waals surface area contributed by atoms with Crippen LogP contribution in [-0.4, -0.2) is 51.0 Å². The Morgan fingerprint density at radius 2 is 1.08 bits per heavy atom. The molecule has 2 N–H and O–H groups in total. The van der Waals surface area contributed by atoms with Crippen molar-refractivity contribution in [3.8, 4) is 22.5 Å². The van der Waals surface area contributed by atoms with Gasteiger partial charge in [-0.1, -0.05) is 50.2 Å². The summed E-state index contributed by atoms with van der Waals surface area (Å²) in [6.45, 7) is 12.8. The molecular weight excluding hydrogens is 827 g/mol. The van der Waals surface area contributed by atoms with E-state index < -0.39 is 35.3 Å². The molecule has 0 fully saturated rings. The van der Waals surface area contributed by atoms with E-state index in [0.29, 0.717) is 22.8 Å². The molecule has 12 nitrogen and oxygen atoms in total. The van der Waals surface area contributed by atoms with Gasteiger partial charge in [0.15, 0.2) is 11.3 Å². The Morgan fingerprint density at radius 1 is 0.603 bits per heavy atom. The molecule has 6 heterocycles. The molecule has 6 aromatic heterocycles. The predicted octanol–water partition coefficient (Wildman–Crippen LogP) is 10.7. The summed E-state index contributed by atoms with van der Waals surface area (Å²) < 4.78 is 83.4. The zero-order valence-corrected chi connectivity index (χ0v) is 35.0. The Kier molecular flexibility index (Phi) is 13.0. The molecule has 0 saturated heterocycles. The molecule has 0 saturated carbocycles. The fraction of sp³-hybridized carbons (Fsp3) is 0.200. The molecule has 18 heteroatoms. The average Bonchev–Trinajstić information content (AvgIpc) is 3.76. The molecule has 324 valence electrons. The molecule has 0 radical (unpaired) electrons. The molecule has 0 spiro atoms. The quantitative estimate of drug-likeness (QED) is 0.157. The first-order valence-electron chi connectivity index (χ1n) is 19.4. The smallest absolute Gasteiger partial charge is 0.321 e. The minimum Gasteiger partial charge on any atom is -0.321 e. The lowest BCUT2D eigenvalue weighted by Crippen LogP contribution is -2.15. The van der Waals surface area contributed by atoms with Crippen molar-refractivity contribution in [3.63, 3.8) is 0 Å². The van der Waals surface area contributed by atoms with Crippen molar-refractivity contribution >= 4 is 34.5 Å². The number of nitrogens with one attached hydrogen (secondary N) is 2. The molecule has 0 bridgehead atoms. The Bertz CT molecular complexity index is 2970. The number of alkyl halides is 6. The third-order valence-electron chi connectivity index (χ3n) is 9.63. The van der Waals surface area contributed by atoms with Crippen LogP contribution in [0.2, 0.25) is 0 Å². The van der Waals surface area contributed by atoms with Crippen molar-refractivity contribution in [3.05, 3.63) is 154 Å². The third kappa shape index (κ3) is 9.69. The predicted molar refractivity (Wildman–Crippen MR) is 226 cm³/mol. The standard InChI is InChI=1S/C22H18F3N5O.C21H16F3N5O.C2H6/c1-12-13(2)26-10-8-17(12)28-21(31)19-14(3)29-30-11-9-18(27-20(19)30)15-6-4-5-7-16(15)22(23,24)25;1-12-9-14(11-25-10-12)26-20(30)18-13(2)28-29-8-7-17(27-19(18)29)15-5-3-4-6-16(15)21(22,23)24;1-2/h4-11H,1-3H3,(H,26,28,31);3-11H,1-2H3,(H,26,30);1-2H3. The number of anilines is 2. The van der Waals surface area contributed by atoms with E-state index in [4.69, 9.17) is 0 Å². The molecule has 0 aliphatic rings. The fourth-order valence-corrected chi connectivity index (χ4v) is 6.59. The van der Waals surface area contributed by atoms with Gasteiger partial charge in [0, 0.05) is 47.3 Å². The lowest BCUT2D eigenvalue weighted by atomic mass is 10.0. The van der Waals surface area contributed by atoms with Gasteiger partial charge in [-0.3, -0.25) is 19.6 Å². The van der Waals surface area contributed by atoms with E-state index in [2.05, 4.69) is 40.8 Å². The zero-order valence-electron chi connectivity index (χ0n) is 35.0. The first kappa shape index (κ1) is 45.0. The third-order valence-corrected chi connectivity index (χ3v) is 9.63. The van der Waals surface area contributed by atoms with Crippen LogP contribution >= 0.6 is 0 Å². The number of hydrogen-bond donors (Lipinski definition) is 2. The van der Waals surface area contributed by atoms with E-state index in [1.54, 1.807) is 38.4 Å². The number of benzene rings is 2. The van der Waals surface area contributed by atoms with Crippen LogP contribution in [0.4, 0.5) is 37.7 Å². The van der Waals surface area contributed by atoms with E-state index in [1.165, 1.54) is 76.2 Å². The van der Waals surface area contributed by atoms with Crippen molar-refractivity contribution in [1.29, 1.82) is 0 Å². The number of aromatic nitrogens is 8. The number of hydrogen-bond acceptors (Lipinski definition) is 8. The lowest BCUT2D eigenvalue weighted by molar-refractivity contribution is -0.137. The maximum absolute atomic E-state index is 13.5. The summed E-state index contributed by atoms with van der Waals surface area (Å²) in [6, 6.07) is 16.7. The SMILES string of the molecule is CC.Cc1cncc(NC(=O)c2c(C)nn3ccc(-c4ccccc4C(F)(F)F)nc23)c1.Cc1nccc(NC(=O)c2c(C)nn3ccc(-c4ccccc4C(F)(F)F)nc23)c1C. The van der Waals surface area contributed by atoms with E-state index in [9.17, 15) is 35.9 Å². The van der Waals surface area contributed by atoms with E-state index in [0.717, 1.165) is 29.0 Å². The molecule has 0 unspecified atom stereocenters. The molecule has 2 aromatic carbocycles. The Hall–Kier alpha value is -7.50. The van der Waals surface area contributed by atoms with Crippen LogP contribution in [-0.2, 0) is 12.4 Å². The summed E-state index contributed by atoms with van der Waals surface area (Å²) in [6.07, 6.45) is -1.33. The average molecular weight is 867 g/mol. The summed E-state index contributed by atoms with van der Waals surface area (Å²) >= 11 is 0. The molecule has 0 atom stereocenters. The molecule has 2 amide bonds. The lowest BCUT2D eigenvalue weighted by Gasteiger charge is -2.12. The highest BCUT2D eigenvalue weighted by molar-refractivity contribution is 6.10. The fourth-order valence-electron chi connectivity index (χ4n) is 6.59. The highest BCUT2D eigenvalue weighted by atomic mass is 19.4. The normalized spacial score (nSPS) is 11.4. The second-order valence-electron chi connectivity index (χ2n) is 13.9. The number of fused-ring (bicyclic) bond motifs is 2. The Balaban J connectivity index is 0.000000202. The van der Waals surface area contributed by atoms with Crippen LogP contribution < -0.4 is 10.6 Å². The van der Waals surface area contributed by atoms with Gasteiger partial charge in [0.25, 0.3) is 11.8 Å². The van der Waals surface area contributed by atoms with Gasteiger partial charge in [-0.25, -0.2) is 19.0 Å². The number of carbonyl (C=O) groups is 2. The molecule has 8 rings (SSSR count). The largest absolute Gasteiger partial charge is 0.417 e. The van der Waals surface area contributed by atoms with Crippen molar-refractivity contribution in [2.24, 2.45) is 0 Å². The number of amides is 2. The van der Waals surface area contributed by atoms with Crippen molar-refractivity contribution < 1.29 is 35.9 Å². The van der Waals surface area contributed by atoms with Gasteiger partial charge < -0.3 is 10.6 Å². The first-order valence-corrected chi connectivity index (χ1v) is 19.4. The summed E-state index contributed by atoms with van der Waals surface area (Å²) in [5.41, 5.74) is 3.56. The van der Waals surface area contributed by atoms with Crippen LogP contribution in [0.3, 0.4) is 0 Å². The van der Waals surface area contributed by atoms with Crippen LogP contribution in [0.15, 0.2) is 104 Å². The van der Waals surface area contributed by atoms with Gasteiger partial charge in [0.05, 0.1) is 45.8 Å². The number of aryl methyl sites for hydroxylation is 4. The van der Waals surface area contributed by atoms with Crippen LogP contribution in [0.25, 0.3) is 33.8 Å². The van der Waals surface area contributed by atoms with Crippen LogP contribution in [0, 0.1) is 34.6 Å². The topological polar surface area (TPSA) is 144 Å². The minimum absolute atomic E-state index is 0.0664. The van der Waals surface area contributed by atoms with Gasteiger partial charge in [-0.15, -0.1) is 0 Å². The second kappa shape index (κ2) is 18.2. The molecule has 8 aromatic rings. The maximum Gasteiger partial charge on any atom is 0.417 e. The van der Waals surface area contributed by atoms with E-state index in [-0.39, 0.29) is 44.9 Å². The van der Waals surface area contributed by atoms with E-state index >= 15 is 0 Å². The second-order valence-corrected chi connectivity index (χ2v) is 13.9. The Labute approximate surface area is 357 Å². The summed E-state index contributed by atoms with van der Waals surface area (Å²) in [5.74, 6) is -0.918. The summed E-state index contributed by atoms with van der Waals surface area (Å²) in [5, 5.41) is 14.1. The van der Waals surface area contributed by atoms with Gasteiger partial charge in [0.2, 0.25) is 0 Å². The zero-order chi connectivity index (χ0) is 45.8. The van der Waals surface area contributed by atoms with Crippen molar-refractivity contribution in [2.45, 2.75) is 60.8 Å². The van der Waals surface area contributed by atoms with Crippen molar-refractivity contribution in [1.82, 2.24) is 39.2 Å². The first-order chi connectivity index (χ1) is 29.9. The molecular formula is C45H40F6N10O2. The molecule has 0 aliphatic carbocycles. The van der Waals surface area contributed by atoms with Gasteiger partial charge in [-0.2, -0.15) is 36.5 Å². The number of halogens is 6. The monoisotopic (exact) mass is 866 g/mol. The highest BCUT2D eigenvalue weighted by Crippen LogP contribution is 2.38. The molecule has 0 aliphatic heterocycles. The number of carbonyl (C=O) groups excluding carboxylic acids is 2. The summed E-state index contributed by atoms with van der Waals surface area (Å²) in [7, 11) is 0. The number of nitrogens with zero attached hydrogens (tertiary/aromatic N) is 8. The maximum atomic E-state index is 13.5. The highest BCUT2D eigenvalue weighted by Gasteiger charge is 2.35. The molecule has 63 heavy (non-hydrogen) atoms. The van der Waals surface area contributed by atoms with Crippen LogP contribution in [0.5, 0.6) is 0 Å². The van der Waals surface area contributed by atoms with Crippen molar-refractivity contribution in [2.75, 3.05) is 10.6 Å². The van der Waals surface area contributed by atoms with Gasteiger partial charge in [-0.05, 0) is 82.1 Å². The van der Waals surface area contributed by atoms with Gasteiger partial charge >= 0.3 is 12.4 Å². The summed E-state index contributed by atoms with van der Waals surface area (Å²) in [4.78, 5) is 42.9. The Morgan fingerprint density at radius 3 is 1.56 bits per heavy atom. The van der Waals surface area contributed by atoms with Crippen LogP contribution in [0.1, 0.15) is 73.9 Å². The van der Waals surface area contributed by atoms with E-state index in [1.807, 2.05) is 34.6 Å².